The van der Waals surface area contributed by atoms with Crippen LogP contribution >= 0.6 is 0 Å². The largest absolute Gasteiger partial charge is 0.504 e. The molecule has 106 valence electrons. The van der Waals surface area contributed by atoms with Crippen LogP contribution in [0.15, 0.2) is 54.6 Å². The molecule has 0 aliphatic heterocycles. The zero-order valence-corrected chi connectivity index (χ0v) is 10.1. The fourth-order valence-electron chi connectivity index (χ4n) is 1.56. The molecule has 0 saturated carbocycles. The third-order valence-corrected chi connectivity index (χ3v) is 2.61. The number of hydrogen-bond acceptors (Lipinski definition) is 2. The van der Waals surface area contributed by atoms with Crippen LogP contribution in [0.1, 0.15) is 5.56 Å². The number of rotatable bonds is 4. The number of halogens is 4. The van der Waals surface area contributed by atoms with Crippen LogP contribution in [-0.4, -0.2) is 11.2 Å². The van der Waals surface area contributed by atoms with Crippen molar-refractivity contribution in [2.45, 2.75) is 12.0 Å². The highest BCUT2D eigenvalue weighted by atomic mass is 19.3. The Balaban J connectivity index is 2.32. The molecule has 2 rings (SSSR count). The van der Waals surface area contributed by atoms with Crippen molar-refractivity contribution >= 4 is 0 Å². The summed E-state index contributed by atoms with van der Waals surface area (Å²) in [5.41, 5.74) is -0.875. The summed E-state index contributed by atoms with van der Waals surface area (Å²) in [6.07, 6.45) is -4.80. The topological polar surface area (TPSA) is 29.5 Å². The van der Waals surface area contributed by atoms with Gasteiger partial charge in [-0.15, -0.1) is 0 Å². The molecule has 2 nitrogen and oxygen atoms in total. The molecule has 0 saturated heterocycles. The molecule has 0 heterocycles. The summed E-state index contributed by atoms with van der Waals surface area (Å²) in [6, 6.07) is 10.3. The zero-order chi connectivity index (χ0) is 14.8. The molecule has 0 aliphatic rings. The van der Waals surface area contributed by atoms with Crippen molar-refractivity contribution < 1.29 is 27.4 Å². The van der Waals surface area contributed by atoms with Crippen molar-refractivity contribution in [3.05, 3.63) is 60.2 Å². The van der Waals surface area contributed by atoms with Gasteiger partial charge in [0.1, 0.15) is 0 Å². The molecule has 0 radical (unpaired) electrons. The maximum Gasteiger partial charge on any atom is 0.469 e. The number of aromatic hydroxyl groups is 1. The number of ether oxygens (including phenoxy) is 1. The van der Waals surface area contributed by atoms with Gasteiger partial charge in [-0.1, -0.05) is 42.5 Å². The third-order valence-electron chi connectivity index (χ3n) is 2.61. The summed E-state index contributed by atoms with van der Waals surface area (Å²) < 4.78 is 58.9. The van der Waals surface area contributed by atoms with Gasteiger partial charge in [0, 0.05) is 5.56 Å². The Kier molecular flexibility index (Phi) is 3.57. The Bertz CT molecular complexity index is 585. The first kappa shape index (κ1) is 14.2. The summed E-state index contributed by atoms with van der Waals surface area (Å²) in [5.74, 6) is -5.89. The number of phenolic OH excluding ortho intramolecular Hbond substituents is 1. The first-order chi connectivity index (χ1) is 9.34. The lowest BCUT2D eigenvalue weighted by Crippen LogP contribution is -2.43. The minimum atomic E-state index is -4.80. The van der Waals surface area contributed by atoms with Crippen molar-refractivity contribution in [3.8, 4) is 11.5 Å². The summed E-state index contributed by atoms with van der Waals surface area (Å²) in [6.45, 7) is 0. The Labute approximate surface area is 112 Å². The monoisotopic (exact) mass is 286 g/mol. The van der Waals surface area contributed by atoms with Crippen molar-refractivity contribution in [1.82, 2.24) is 0 Å². The first-order valence-corrected chi connectivity index (χ1v) is 5.63. The van der Waals surface area contributed by atoms with E-state index in [9.17, 15) is 22.7 Å². The van der Waals surface area contributed by atoms with Crippen LogP contribution in [0, 0.1) is 0 Å². The van der Waals surface area contributed by atoms with Crippen LogP contribution in [0.3, 0.4) is 0 Å². The molecule has 0 atom stereocenters. The Hall–Kier alpha value is -2.24. The van der Waals surface area contributed by atoms with Gasteiger partial charge in [-0.05, 0) is 12.1 Å². The van der Waals surface area contributed by atoms with E-state index in [0.29, 0.717) is 0 Å². The fourth-order valence-corrected chi connectivity index (χ4v) is 1.56. The summed E-state index contributed by atoms with van der Waals surface area (Å²) in [4.78, 5) is 0. The average Bonchev–Trinajstić information content (AvgIpc) is 2.42. The smallest absolute Gasteiger partial charge is 0.469 e. The minimum absolute atomic E-state index is 0.643. The normalized spacial score (nSPS) is 12.2. The van der Waals surface area contributed by atoms with Crippen LogP contribution in [-0.2, 0) is 5.92 Å². The second-order valence-electron chi connectivity index (χ2n) is 4.03. The number of benzene rings is 2. The lowest BCUT2D eigenvalue weighted by Gasteiger charge is -2.26. The number of para-hydroxylation sites is 2. The van der Waals surface area contributed by atoms with E-state index in [4.69, 9.17) is 0 Å². The molecule has 1 N–H and O–H groups in total. The lowest BCUT2D eigenvalue weighted by atomic mass is 10.1. The molecule has 0 aromatic heterocycles. The Morgan fingerprint density at radius 3 is 1.95 bits per heavy atom. The van der Waals surface area contributed by atoms with Crippen molar-refractivity contribution in [3.63, 3.8) is 0 Å². The summed E-state index contributed by atoms with van der Waals surface area (Å²) >= 11 is 0. The molecule has 0 fully saturated rings. The Morgan fingerprint density at radius 1 is 0.800 bits per heavy atom. The molecule has 0 spiro atoms. The molecule has 0 unspecified atom stereocenters. The van der Waals surface area contributed by atoms with E-state index in [2.05, 4.69) is 4.74 Å². The number of phenols is 1. The standard InChI is InChI=1S/C14H10F4O2/c15-13(16,10-6-2-1-3-7-10)14(17,18)20-12-9-5-4-8-11(12)19/h1-9,19H. The molecular weight excluding hydrogens is 276 g/mol. The van der Waals surface area contributed by atoms with Gasteiger partial charge in [0.2, 0.25) is 0 Å². The van der Waals surface area contributed by atoms with Crippen LogP contribution < -0.4 is 4.74 Å². The average molecular weight is 286 g/mol. The minimum Gasteiger partial charge on any atom is -0.504 e. The SMILES string of the molecule is Oc1ccccc1OC(F)(F)C(F)(F)c1ccccc1. The van der Waals surface area contributed by atoms with Gasteiger partial charge < -0.3 is 9.84 Å². The van der Waals surface area contributed by atoms with Crippen LogP contribution in [0.5, 0.6) is 11.5 Å². The summed E-state index contributed by atoms with van der Waals surface area (Å²) in [5, 5.41) is 9.31. The highest BCUT2D eigenvalue weighted by molar-refractivity contribution is 5.38. The van der Waals surface area contributed by atoms with Crippen molar-refractivity contribution in [2.75, 3.05) is 0 Å². The van der Waals surface area contributed by atoms with Gasteiger partial charge in [0.25, 0.3) is 0 Å². The van der Waals surface area contributed by atoms with Gasteiger partial charge in [0.05, 0.1) is 0 Å². The third kappa shape index (κ3) is 2.54. The molecule has 2 aromatic carbocycles. The van der Waals surface area contributed by atoms with E-state index >= 15 is 0 Å². The fraction of sp³-hybridized carbons (Fsp3) is 0.143. The first-order valence-electron chi connectivity index (χ1n) is 5.63. The predicted molar refractivity (Wildman–Crippen MR) is 64.0 cm³/mol. The zero-order valence-electron chi connectivity index (χ0n) is 10.1. The van der Waals surface area contributed by atoms with Gasteiger partial charge in [-0.2, -0.15) is 17.6 Å². The van der Waals surface area contributed by atoms with E-state index in [1.54, 1.807) is 0 Å². The van der Waals surface area contributed by atoms with E-state index in [1.807, 2.05) is 0 Å². The summed E-state index contributed by atoms with van der Waals surface area (Å²) in [7, 11) is 0. The van der Waals surface area contributed by atoms with Crippen LogP contribution in [0.4, 0.5) is 17.6 Å². The maximum absolute atomic E-state index is 13.8. The van der Waals surface area contributed by atoms with Gasteiger partial charge in [0.15, 0.2) is 11.5 Å². The highest BCUT2D eigenvalue weighted by Crippen LogP contribution is 2.45. The molecule has 20 heavy (non-hydrogen) atoms. The second-order valence-corrected chi connectivity index (χ2v) is 4.03. The number of alkyl halides is 4. The Morgan fingerprint density at radius 2 is 1.35 bits per heavy atom. The van der Waals surface area contributed by atoms with E-state index in [1.165, 1.54) is 30.3 Å². The van der Waals surface area contributed by atoms with Gasteiger partial charge in [-0.25, -0.2) is 0 Å². The van der Waals surface area contributed by atoms with Gasteiger partial charge >= 0.3 is 12.0 Å². The van der Waals surface area contributed by atoms with E-state index in [-0.39, 0.29) is 0 Å². The highest BCUT2D eigenvalue weighted by Gasteiger charge is 2.60. The maximum atomic E-state index is 13.8. The van der Waals surface area contributed by atoms with E-state index < -0.39 is 29.1 Å². The quantitative estimate of drug-likeness (QED) is 0.855. The molecule has 6 heteroatoms. The number of hydrogen-bond donors (Lipinski definition) is 1. The molecule has 2 aromatic rings. The van der Waals surface area contributed by atoms with Crippen LogP contribution in [0.25, 0.3) is 0 Å². The molecule has 0 bridgehead atoms. The second kappa shape index (κ2) is 5.03. The molecule has 0 aliphatic carbocycles. The van der Waals surface area contributed by atoms with Crippen LogP contribution in [0.2, 0.25) is 0 Å². The predicted octanol–water partition coefficient (Wildman–Crippen LogP) is 4.16. The van der Waals surface area contributed by atoms with Crippen molar-refractivity contribution in [2.24, 2.45) is 0 Å². The van der Waals surface area contributed by atoms with E-state index in [0.717, 1.165) is 24.3 Å². The van der Waals surface area contributed by atoms with Gasteiger partial charge in [-0.3, -0.25) is 0 Å². The molecule has 0 amide bonds. The molecular formula is C14H10F4O2. The lowest BCUT2D eigenvalue weighted by molar-refractivity contribution is -0.316. The van der Waals surface area contributed by atoms with Crippen molar-refractivity contribution in [1.29, 1.82) is 0 Å².